The molecule has 2 rings (SSSR count). The van der Waals surface area contributed by atoms with Crippen LogP contribution in [0.4, 0.5) is 15.4 Å². The van der Waals surface area contributed by atoms with E-state index in [2.05, 4.69) is 5.10 Å². The molecule has 0 fully saturated rings. The predicted octanol–water partition coefficient (Wildman–Crippen LogP) is 1.20. The highest BCUT2D eigenvalue weighted by Gasteiger charge is 2.45. The van der Waals surface area contributed by atoms with Crippen molar-refractivity contribution >= 4 is 18.0 Å². The Hall–Kier alpha value is -2.25. The average Bonchev–Trinajstić information content (AvgIpc) is 2.76. The Balaban J connectivity index is 2.45. The van der Waals surface area contributed by atoms with E-state index in [1.165, 1.54) is 4.90 Å². The van der Waals surface area contributed by atoms with E-state index in [0.29, 0.717) is 11.3 Å². The summed E-state index contributed by atoms with van der Waals surface area (Å²) in [6, 6.07) is 0. The van der Waals surface area contributed by atoms with Gasteiger partial charge in [-0.1, -0.05) is 0 Å². The standard InChI is InChI=1S/C11H16N4O4/c1-4-19-10(18)15-8(12)6-5-14(9(16)17)11(2,3)7(6)13-15/h4-5,12H2,1-3H3,(H,16,17). The van der Waals surface area contributed by atoms with E-state index >= 15 is 0 Å². The van der Waals surface area contributed by atoms with Gasteiger partial charge in [0.15, 0.2) is 0 Å². The number of nitrogens with zero attached hydrogens (tertiary/aromatic N) is 3. The molecule has 19 heavy (non-hydrogen) atoms. The van der Waals surface area contributed by atoms with E-state index in [0.717, 1.165) is 4.68 Å². The lowest BCUT2D eigenvalue weighted by Crippen LogP contribution is -2.40. The van der Waals surface area contributed by atoms with Gasteiger partial charge < -0.3 is 15.6 Å². The fourth-order valence-electron chi connectivity index (χ4n) is 2.22. The number of ether oxygens (including phenoxy) is 1. The van der Waals surface area contributed by atoms with Crippen LogP contribution in [0.25, 0.3) is 0 Å². The number of fused-ring (bicyclic) bond motifs is 1. The molecule has 0 aromatic carbocycles. The van der Waals surface area contributed by atoms with Crippen LogP contribution in [0.2, 0.25) is 0 Å². The minimum Gasteiger partial charge on any atom is -0.465 e. The maximum atomic E-state index is 11.7. The lowest BCUT2D eigenvalue weighted by molar-refractivity contribution is 0.0971. The summed E-state index contributed by atoms with van der Waals surface area (Å²) in [5, 5.41) is 13.3. The van der Waals surface area contributed by atoms with Crippen LogP contribution in [0.15, 0.2) is 0 Å². The number of carbonyl (C=O) groups is 2. The summed E-state index contributed by atoms with van der Waals surface area (Å²) in [7, 11) is 0. The monoisotopic (exact) mass is 268 g/mol. The lowest BCUT2D eigenvalue weighted by Gasteiger charge is -2.28. The van der Waals surface area contributed by atoms with Crippen molar-refractivity contribution in [3.8, 4) is 0 Å². The summed E-state index contributed by atoms with van der Waals surface area (Å²) in [6.07, 6.45) is -1.71. The van der Waals surface area contributed by atoms with Crippen molar-refractivity contribution in [2.45, 2.75) is 32.9 Å². The van der Waals surface area contributed by atoms with Gasteiger partial charge in [0.25, 0.3) is 0 Å². The molecular weight excluding hydrogens is 252 g/mol. The van der Waals surface area contributed by atoms with E-state index < -0.39 is 17.7 Å². The molecule has 1 aliphatic heterocycles. The predicted molar refractivity (Wildman–Crippen MR) is 65.7 cm³/mol. The van der Waals surface area contributed by atoms with Crippen LogP contribution in [0.5, 0.6) is 0 Å². The molecule has 1 aliphatic rings. The van der Waals surface area contributed by atoms with E-state index in [1.807, 2.05) is 0 Å². The van der Waals surface area contributed by atoms with Gasteiger partial charge in [0.05, 0.1) is 24.4 Å². The van der Waals surface area contributed by atoms with Crippen molar-refractivity contribution < 1.29 is 19.4 Å². The molecule has 1 amide bonds. The highest BCUT2D eigenvalue weighted by molar-refractivity contribution is 5.76. The zero-order chi connectivity index (χ0) is 14.4. The number of nitrogens with two attached hydrogens (primary N) is 1. The van der Waals surface area contributed by atoms with Crippen molar-refractivity contribution in [1.82, 2.24) is 14.7 Å². The van der Waals surface area contributed by atoms with Crippen molar-refractivity contribution in [2.75, 3.05) is 12.3 Å². The first kappa shape index (κ1) is 13.2. The number of amides is 1. The molecule has 1 aromatic rings. The van der Waals surface area contributed by atoms with Crippen molar-refractivity contribution in [3.63, 3.8) is 0 Å². The number of aromatic nitrogens is 2. The van der Waals surface area contributed by atoms with E-state index in [9.17, 15) is 9.59 Å². The van der Waals surface area contributed by atoms with Crippen LogP contribution in [-0.4, -0.2) is 38.6 Å². The van der Waals surface area contributed by atoms with Crippen molar-refractivity contribution in [1.29, 1.82) is 0 Å². The zero-order valence-corrected chi connectivity index (χ0v) is 11.0. The van der Waals surface area contributed by atoms with Gasteiger partial charge in [0.1, 0.15) is 5.82 Å². The maximum Gasteiger partial charge on any atom is 0.436 e. The molecule has 8 heteroatoms. The van der Waals surface area contributed by atoms with Gasteiger partial charge in [0.2, 0.25) is 0 Å². The Morgan fingerprint density at radius 1 is 1.53 bits per heavy atom. The third-order valence-corrected chi connectivity index (χ3v) is 3.27. The zero-order valence-electron chi connectivity index (χ0n) is 11.0. The first-order chi connectivity index (χ1) is 8.80. The molecule has 104 valence electrons. The number of hydrogen-bond acceptors (Lipinski definition) is 5. The third kappa shape index (κ3) is 1.79. The molecule has 0 unspecified atom stereocenters. The Labute approximate surface area is 109 Å². The van der Waals surface area contributed by atoms with Gasteiger partial charge in [-0.3, -0.25) is 4.90 Å². The summed E-state index contributed by atoms with van der Waals surface area (Å²) in [5.74, 6) is 0.130. The van der Waals surface area contributed by atoms with E-state index in [-0.39, 0.29) is 19.0 Å². The topological polar surface area (TPSA) is 111 Å². The minimum atomic E-state index is -1.05. The first-order valence-corrected chi connectivity index (χ1v) is 5.86. The second kappa shape index (κ2) is 4.15. The number of hydrogen-bond donors (Lipinski definition) is 2. The van der Waals surface area contributed by atoms with Crippen molar-refractivity contribution in [3.05, 3.63) is 11.3 Å². The van der Waals surface area contributed by atoms with E-state index in [1.54, 1.807) is 20.8 Å². The second-order valence-electron chi connectivity index (χ2n) is 4.75. The molecule has 0 saturated heterocycles. The van der Waals surface area contributed by atoms with Gasteiger partial charge in [0, 0.05) is 5.56 Å². The van der Waals surface area contributed by atoms with Crippen LogP contribution in [0.3, 0.4) is 0 Å². The molecule has 0 saturated carbocycles. The highest BCUT2D eigenvalue weighted by Crippen LogP contribution is 2.40. The largest absolute Gasteiger partial charge is 0.465 e. The molecule has 2 heterocycles. The SMILES string of the molecule is CCOC(=O)n1nc2c(c1N)CN(C(=O)O)C2(C)C. The van der Waals surface area contributed by atoms with Crippen LogP contribution < -0.4 is 5.73 Å². The summed E-state index contributed by atoms with van der Waals surface area (Å²) < 4.78 is 5.82. The summed E-state index contributed by atoms with van der Waals surface area (Å²) >= 11 is 0. The summed E-state index contributed by atoms with van der Waals surface area (Å²) in [6.45, 7) is 5.45. The molecule has 0 aliphatic carbocycles. The number of carbonyl (C=O) groups excluding carboxylic acids is 1. The molecular formula is C11H16N4O4. The van der Waals surface area contributed by atoms with Gasteiger partial charge in [-0.05, 0) is 20.8 Å². The molecule has 8 nitrogen and oxygen atoms in total. The smallest absolute Gasteiger partial charge is 0.436 e. The van der Waals surface area contributed by atoms with Gasteiger partial charge in [-0.15, -0.1) is 4.68 Å². The normalized spacial score (nSPS) is 16.3. The maximum absolute atomic E-state index is 11.7. The van der Waals surface area contributed by atoms with E-state index in [4.69, 9.17) is 15.6 Å². The summed E-state index contributed by atoms with van der Waals surface area (Å²) in [5.41, 5.74) is 6.07. The number of anilines is 1. The number of nitrogen functional groups attached to an aromatic ring is 1. The molecule has 3 N–H and O–H groups in total. The molecule has 0 radical (unpaired) electrons. The van der Waals surface area contributed by atoms with Gasteiger partial charge >= 0.3 is 12.2 Å². The van der Waals surface area contributed by atoms with Gasteiger partial charge in [-0.25, -0.2) is 9.59 Å². The summed E-state index contributed by atoms with van der Waals surface area (Å²) in [4.78, 5) is 24.1. The van der Waals surface area contributed by atoms with Crippen LogP contribution >= 0.6 is 0 Å². The Bertz CT molecular complexity index is 549. The van der Waals surface area contributed by atoms with Crippen LogP contribution in [0.1, 0.15) is 32.0 Å². The lowest BCUT2D eigenvalue weighted by atomic mass is 10.0. The average molecular weight is 268 g/mol. The second-order valence-corrected chi connectivity index (χ2v) is 4.75. The van der Waals surface area contributed by atoms with Gasteiger partial charge in [-0.2, -0.15) is 5.10 Å². The van der Waals surface area contributed by atoms with Crippen LogP contribution in [-0.2, 0) is 16.8 Å². The first-order valence-electron chi connectivity index (χ1n) is 5.86. The third-order valence-electron chi connectivity index (χ3n) is 3.27. The van der Waals surface area contributed by atoms with Crippen LogP contribution in [0, 0.1) is 0 Å². The molecule has 0 spiro atoms. The fraction of sp³-hybridized carbons (Fsp3) is 0.545. The Kier molecular flexibility index (Phi) is 2.88. The number of rotatable bonds is 1. The Morgan fingerprint density at radius 2 is 2.16 bits per heavy atom. The molecule has 0 atom stereocenters. The highest BCUT2D eigenvalue weighted by atomic mass is 16.6. The Morgan fingerprint density at radius 3 is 2.63 bits per heavy atom. The fourth-order valence-corrected chi connectivity index (χ4v) is 2.22. The number of carboxylic acid groups (broad SMARTS) is 1. The van der Waals surface area contributed by atoms with Crippen molar-refractivity contribution in [2.24, 2.45) is 0 Å². The quantitative estimate of drug-likeness (QED) is 0.791. The molecule has 0 bridgehead atoms. The molecule has 1 aromatic heterocycles. The minimum absolute atomic E-state index is 0.114.